The predicted octanol–water partition coefficient (Wildman–Crippen LogP) is 14.1. The van der Waals surface area contributed by atoms with E-state index in [0.717, 1.165) is 56.9 Å². The van der Waals surface area contributed by atoms with Crippen LogP contribution in [0.1, 0.15) is 0 Å². The van der Waals surface area contributed by atoms with Crippen LogP contribution in [0.5, 0.6) is 11.5 Å². The zero-order valence-corrected chi connectivity index (χ0v) is 28.4. The summed E-state index contributed by atoms with van der Waals surface area (Å²) in [6, 6.07) is 60.5. The highest BCUT2D eigenvalue weighted by molar-refractivity contribution is 7.17. The monoisotopic (exact) mass is 683 g/mol. The van der Waals surface area contributed by atoms with Crippen molar-refractivity contribution in [1.29, 1.82) is 0 Å². The molecule has 0 radical (unpaired) electrons. The van der Waals surface area contributed by atoms with E-state index in [1.54, 1.807) is 11.3 Å². The molecule has 4 nitrogen and oxygen atoms in total. The Labute approximate surface area is 300 Å². The molecule has 0 fully saturated rings. The Kier molecular flexibility index (Phi) is 7.69. The van der Waals surface area contributed by atoms with Gasteiger partial charge in [0.1, 0.15) is 0 Å². The van der Waals surface area contributed by atoms with Crippen molar-refractivity contribution in [3.63, 3.8) is 0 Å². The van der Waals surface area contributed by atoms with Gasteiger partial charge in [0, 0.05) is 38.2 Å². The normalized spacial score (nSPS) is 12.2. The molecule has 8 aromatic rings. The Morgan fingerprint density at radius 3 is 1.80 bits per heavy atom. The van der Waals surface area contributed by atoms with E-state index in [2.05, 4.69) is 147 Å². The minimum atomic E-state index is 0.615. The number of hydrogen-bond acceptors (Lipinski definition) is 5. The average Bonchev–Trinajstić information content (AvgIpc) is 3.59. The summed E-state index contributed by atoms with van der Waals surface area (Å²) >= 11 is 9.41. The molecule has 0 N–H and O–H groups in total. The Morgan fingerprint density at radius 1 is 0.480 bits per heavy atom. The van der Waals surface area contributed by atoms with Crippen LogP contribution in [0.3, 0.4) is 0 Å². The van der Waals surface area contributed by atoms with E-state index < -0.39 is 0 Å². The Bertz CT molecular complexity index is 2460. The van der Waals surface area contributed by atoms with Gasteiger partial charge in [-0.15, -0.1) is 11.3 Å². The lowest BCUT2D eigenvalue weighted by molar-refractivity contribution is 0.484. The van der Waals surface area contributed by atoms with E-state index >= 15 is 0 Å². The van der Waals surface area contributed by atoms with Crippen LogP contribution in [-0.2, 0) is 0 Å². The first-order chi connectivity index (χ1) is 24.7. The van der Waals surface area contributed by atoms with Crippen molar-refractivity contribution in [2.75, 3.05) is 14.7 Å². The smallest absolute Gasteiger partial charge is 0.151 e. The highest BCUT2D eigenvalue weighted by Gasteiger charge is 2.27. The maximum Gasteiger partial charge on any atom is 0.151 e. The van der Waals surface area contributed by atoms with Gasteiger partial charge in [0.25, 0.3) is 0 Å². The van der Waals surface area contributed by atoms with Crippen molar-refractivity contribution in [2.45, 2.75) is 0 Å². The van der Waals surface area contributed by atoms with Crippen molar-refractivity contribution in [3.8, 4) is 11.5 Å². The van der Waals surface area contributed by atoms with Crippen molar-refractivity contribution in [3.05, 3.63) is 186 Å². The minimum absolute atomic E-state index is 0.615. The summed E-state index contributed by atoms with van der Waals surface area (Å²) in [6.45, 7) is 0. The van der Waals surface area contributed by atoms with Crippen molar-refractivity contribution >= 4 is 84.2 Å². The third-order valence-electron chi connectivity index (χ3n) is 8.95. The van der Waals surface area contributed by atoms with Gasteiger partial charge in [0.2, 0.25) is 0 Å². The SMILES string of the molecule is Clc1c(N2c3cccc(c3)N(c3ccccc3)c3ccccc3Oc3ccccc32)cccc1N(c1ccccc1)c1csc2ccccc12. The number of nitrogens with zero attached hydrogens (tertiary/aromatic N) is 3. The van der Waals surface area contributed by atoms with E-state index in [-0.39, 0.29) is 0 Å². The number of halogens is 1. The Balaban J connectivity index is 1.28. The molecular weight excluding hydrogens is 654 g/mol. The van der Waals surface area contributed by atoms with Crippen LogP contribution in [0, 0.1) is 0 Å². The second-order valence-corrected chi connectivity index (χ2v) is 13.3. The number of anilines is 9. The molecule has 7 aromatic carbocycles. The van der Waals surface area contributed by atoms with Crippen LogP contribution in [0.4, 0.5) is 51.2 Å². The molecule has 240 valence electrons. The molecule has 2 heterocycles. The highest BCUT2D eigenvalue weighted by atomic mass is 35.5. The molecule has 50 heavy (non-hydrogen) atoms. The first-order valence-electron chi connectivity index (χ1n) is 16.5. The number of hydrogen-bond donors (Lipinski definition) is 0. The molecule has 1 aliphatic heterocycles. The number of rotatable bonds is 5. The van der Waals surface area contributed by atoms with Crippen LogP contribution in [0.15, 0.2) is 181 Å². The van der Waals surface area contributed by atoms with E-state index in [0.29, 0.717) is 10.8 Å². The maximum absolute atomic E-state index is 7.67. The van der Waals surface area contributed by atoms with Crippen LogP contribution < -0.4 is 19.4 Å². The molecular formula is C44H30ClN3OS. The molecule has 0 saturated heterocycles. The number of benzene rings is 7. The first-order valence-corrected chi connectivity index (χ1v) is 17.7. The zero-order valence-electron chi connectivity index (χ0n) is 26.9. The lowest BCUT2D eigenvalue weighted by Gasteiger charge is -2.34. The van der Waals surface area contributed by atoms with Gasteiger partial charge in [0.15, 0.2) is 11.5 Å². The molecule has 9 rings (SSSR count). The fourth-order valence-electron chi connectivity index (χ4n) is 6.73. The van der Waals surface area contributed by atoms with Crippen molar-refractivity contribution in [1.82, 2.24) is 0 Å². The van der Waals surface area contributed by atoms with Gasteiger partial charge >= 0.3 is 0 Å². The first kappa shape index (κ1) is 30.1. The molecule has 1 aromatic heterocycles. The van der Waals surface area contributed by atoms with Crippen molar-refractivity contribution in [2.24, 2.45) is 0 Å². The van der Waals surface area contributed by atoms with Gasteiger partial charge < -0.3 is 19.4 Å². The van der Waals surface area contributed by atoms with Crippen LogP contribution in [0.2, 0.25) is 5.02 Å². The number of thiophene rings is 1. The van der Waals surface area contributed by atoms with Crippen LogP contribution in [-0.4, -0.2) is 0 Å². The summed E-state index contributed by atoms with van der Waals surface area (Å²) in [4.78, 5) is 6.71. The molecule has 1 aliphatic rings. The molecule has 0 unspecified atom stereocenters. The maximum atomic E-state index is 7.67. The Hall–Kier alpha value is -6.01. The molecule has 2 bridgehead atoms. The lowest BCUT2D eigenvalue weighted by atomic mass is 10.1. The largest absolute Gasteiger partial charge is 0.453 e. The lowest BCUT2D eigenvalue weighted by Crippen LogP contribution is -2.17. The van der Waals surface area contributed by atoms with Crippen LogP contribution in [0.25, 0.3) is 10.1 Å². The summed E-state index contributed by atoms with van der Waals surface area (Å²) < 4.78 is 8.09. The number of ether oxygens (including phenoxy) is 1. The summed E-state index contributed by atoms with van der Waals surface area (Å²) in [7, 11) is 0. The van der Waals surface area contributed by atoms with Gasteiger partial charge in [-0.1, -0.05) is 103 Å². The summed E-state index contributed by atoms with van der Waals surface area (Å²) in [5.41, 5.74) is 8.61. The predicted molar refractivity (Wildman–Crippen MR) is 211 cm³/mol. The molecule has 0 amide bonds. The van der Waals surface area contributed by atoms with E-state index in [1.165, 1.54) is 10.1 Å². The highest BCUT2D eigenvalue weighted by Crippen LogP contribution is 2.52. The van der Waals surface area contributed by atoms with Crippen LogP contribution >= 0.6 is 22.9 Å². The molecule has 0 aliphatic carbocycles. The quantitative estimate of drug-likeness (QED) is 0.180. The third kappa shape index (κ3) is 5.24. The summed E-state index contributed by atoms with van der Waals surface area (Å²) in [5, 5.41) is 4.00. The minimum Gasteiger partial charge on any atom is -0.453 e. The number of para-hydroxylation sites is 6. The van der Waals surface area contributed by atoms with E-state index in [9.17, 15) is 0 Å². The van der Waals surface area contributed by atoms with Gasteiger partial charge in [-0.2, -0.15) is 0 Å². The fraction of sp³-hybridized carbons (Fsp3) is 0. The van der Waals surface area contributed by atoms with Gasteiger partial charge in [-0.3, -0.25) is 0 Å². The van der Waals surface area contributed by atoms with Gasteiger partial charge in [-0.05, 0) is 84.9 Å². The summed E-state index contributed by atoms with van der Waals surface area (Å²) in [6.07, 6.45) is 0. The topological polar surface area (TPSA) is 19.0 Å². The van der Waals surface area contributed by atoms with Gasteiger partial charge in [-0.25, -0.2) is 0 Å². The summed E-state index contributed by atoms with van der Waals surface area (Å²) in [5.74, 6) is 1.46. The Morgan fingerprint density at radius 2 is 1.04 bits per heavy atom. The fourth-order valence-corrected chi connectivity index (χ4v) is 7.96. The second kappa shape index (κ2) is 12.8. The molecule has 0 atom stereocenters. The van der Waals surface area contributed by atoms with Gasteiger partial charge in [0.05, 0.1) is 33.5 Å². The van der Waals surface area contributed by atoms with E-state index in [1.807, 2.05) is 48.5 Å². The molecule has 6 heteroatoms. The number of fused-ring (bicyclic) bond motifs is 5. The molecule has 0 saturated carbocycles. The van der Waals surface area contributed by atoms with E-state index in [4.69, 9.17) is 16.3 Å². The van der Waals surface area contributed by atoms with Crippen molar-refractivity contribution < 1.29 is 4.74 Å². The zero-order chi connectivity index (χ0) is 33.4. The third-order valence-corrected chi connectivity index (χ3v) is 10.3. The molecule has 0 spiro atoms. The average molecular weight is 684 g/mol. The standard InChI is InChI=1S/C44H30ClN3OS/c45-44-38(47(32-17-5-2-6-18-32)40-30-50-43-28-12-7-21-35(40)43)24-14-25-39(44)48-34-20-13-19-33(29-34)46(31-15-3-1-4-16-31)36-22-8-10-26-41(36)49-42-27-11-9-23-37(42)48/h1-30H. The second-order valence-electron chi connectivity index (χ2n) is 12.0.